The van der Waals surface area contributed by atoms with Gasteiger partial charge in [-0.3, -0.25) is 0 Å². The first kappa shape index (κ1) is 12.2. The highest BCUT2D eigenvalue weighted by Crippen LogP contribution is 2.26. The Bertz CT molecular complexity index is 591. The van der Waals surface area contributed by atoms with Crippen molar-refractivity contribution in [1.82, 2.24) is 0 Å². The third kappa shape index (κ3) is 2.51. The summed E-state index contributed by atoms with van der Waals surface area (Å²) in [6.07, 6.45) is 1.62. The Morgan fingerprint density at radius 2 is 1.94 bits per heavy atom. The van der Waals surface area contributed by atoms with Crippen LogP contribution in [0.2, 0.25) is 0 Å². The van der Waals surface area contributed by atoms with Gasteiger partial charge in [-0.05, 0) is 26.0 Å². The largest absolute Gasteiger partial charge is 0.478 e. The molecule has 0 saturated carbocycles. The van der Waals surface area contributed by atoms with E-state index in [-0.39, 0.29) is 0 Å². The molecule has 3 heteroatoms. The number of carbonyl (C=O) groups is 1. The lowest BCUT2D eigenvalue weighted by Gasteiger charge is -1.93. The van der Waals surface area contributed by atoms with Crippen LogP contribution in [-0.4, -0.2) is 11.1 Å². The van der Waals surface area contributed by atoms with Gasteiger partial charge in [-0.15, -0.1) is 0 Å². The Morgan fingerprint density at radius 3 is 2.56 bits per heavy atom. The number of hydrogen-bond donors (Lipinski definition) is 1. The molecule has 0 aliphatic heterocycles. The molecule has 1 aromatic heterocycles. The predicted octanol–water partition coefficient (Wildman–Crippen LogP) is 3.74. The van der Waals surface area contributed by atoms with Crippen LogP contribution in [0, 0.1) is 6.92 Å². The van der Waals surface area contributed by atoms with E-state index in [1.807, 2.05) is 43.3 Å². The summed E-state index contributed by atoms with van der Waals surface area (Å²) in [6.45, 7) is 3.39. The van der Waals surface area contributed by atoms with E-state index in [4.69, 9.17) is 9.52 Å². The van der Waals surface area contributed by atoms with E-state index in [1.165, 1.54) is 0 Å². The molecule has 1 N–H and O–H groups in total. The molecule has 0 amide bonds. The smallest absolute Gasteiger partial charge is 0.331 e. The summed E-state index contributed by atoms with van der Waals surface area (Å²) in [6, 6.07) is 11.6. The number of rotatable bonds is 3. The molecule has 0 radical (unpaired) electrons. The molecule has 0 saturated heterocycles. The monoisotopic (exact) mass is 242 g/mol. The molecule has 2 rings (SSSR count). The summed E-state index contributed by atoms with van der Waals surface area (Å²) in [5.74, 6) is 0.545. The first-order valence-corrected chi connectivity index (χ1v) is 5.65. The first-order valence-electron chi connectivity index (χ1n) is 5.65. The van der Waals surface area contributed by atoms with Gasteiger partial charge in [-0.2, -0.15) is 0 Å². The van der Waals surface area contributed by atoms with Crippen LogP contribution in [0.5, 0.6) is 0 Å². The minimum absolute atomic E-state index is 0.290. The van der Waals surface area contributed by atoms with Gasteiger partial charge in [0.15, 0.2) is 0 Å². The molecule has 0 spiro atoms. The zero-order valence-corrected chi connectivity index (χ0v) is 10.3. The number of furan rings is 1. The van der Waals surface area contributed by atoms with Crippen molar-refractivity contribution in [1.29, 1.82) is 0 Å². The zero-order chi connectivity index (χ0) is 13.1. The highest BCUT2D eigenvalue weighted by Gasteiger charge is 2.09. The van der Waals surface area contributed by atoms with E-state index in [0.29, 0.717) is 5.57 Å². The van der Waals surface area contributed by atoms with E-state index in [9.17, 15) is 4.79 Å². The van der Waals surface area contributed by atoms with Crippen LogP contribution in [-0.2, 0) is 4.79 Å². The van der Waals surface area contributed by atoms with Crippen molar-refractivity contribution in [2.45, 2.75) is 13.8 Å². The predicted molar refractivity (Wildman–Crippen MR) is 70.2 cm³/mol. The maximum Gasteiger partial charge on any atom is 0.331 e. The van der Waals surface area contributed by atoms with Crippen LogP contribution in [0.3, 0.4) is 0 Å². The molecule has 1 heterocycles. The van der Waals surface area contributed by atoms with Crippen LogP contribution in [0.4, 0.5) is 0 Å². The summed E-state index contributed by atoms with van der Waals surface area (Å²) in [5, 5.41) is 8.86. The fourth-order valence-electron chi connectivity index (χ4n) is 1.68. The van der Waals surface area contributed by atoms with Gasteiger partial charge in [0, 0.05) is 16.7 Å². The molecular formula is C15H14O3. The number of aliphatic carboxylic acids is 1. The Hall–Kier alpha value is -2.29. The lowest BCUT2D eigenvalue weighted by atomic mass is 10.1. The lowest BCUT2D eigenvalue weighted by Crippen LogP contribution is -1.95. The average Bonchev–Trinajstić information content (AvgIpc) is 2.72. The van der Waals surface area contributed by atoms with Crippen molar-refractivity contribution in [2.24, 2.45) is 0 Å². The average molecular weight is 242 g/mol. The van der Waals surface area contributed by atoms with Gasteiger partial charge in [0.05, 0.1) is 0 Å². The maximum absolute atomic E-state index is 10.8. The molecule has 0 atom stereocenters. The van der Waals surface area contributed by atoms with Gasteiger partial charge in [-0.1, -0.05) is 30.3 Å². The molecule has 0 bridgehead atoms. The second-order valence-electron chi connectivity index (χ2n) is 4.12. The second kappa shape index (κ2) is 4.92. The molecule has 1 aromatic carbocycles. The summed E-state index contributed by atoms with van der Waals surface area (Å²) in [7, 11) is 0. The molecule has 0 fully saturated rings. The molecule has 0 aliphatic rings. The number of benzene rings is 1. The molecule has 18 heavy (non-hydrogen) atoms. The molecule has 2 aromatic rings. The third-order valence-electron chi connectivity index (χ3n) is 2.72. The van der Waals surface area contributed by atoms with Gasteiger partial charge in [0.2, 0.25) is 0 Å². The summed E-state index contributed by atoms with van der Waals surface area (Å²) in [4.78, 5) is 10.8. The molecular weight excluding hydrogens is 228 g/mol. The number of carboxylic acids is 1. The van der Waals surface area contributed by atoms with Crippen LogP contribution >= 0.6 is 0 Å². The number of carboxylic acid groups (broad SMARTS) is 1. The van der Waals surface area contributed by atoms with E-state index < -0.39 is 5.97 Å². The Labute approximate surface area is 105 Å². The van der Waals surface area contributed by atoms with Gasteiger partial charge >= 0.3 is 5.97 Å². The van der Waals surface area contributed by atoms with E-state index in [1.54, 1.807) is 13.0 Å². The van der Waals surface area contributed by atoms with Gasteiger partial charge in [0.25, 0.3) is 0 Å². The minimum Gasteiger partial charge on any atom is -0.478 e. The third-order valence-corrected chi connectivity index (χ3v) is 2.72. The van der Waals surface area contributed by atoms with Crippen LogP contribution in [0.15, 0.2) is 46.4 Å². The van der Waals surface area contributed by atoms with Crippen molar-refractivity contribution >= 4 is 12.0 Å². The fraction of sp³-hybridized carbons (Fsp3) is 0.133. The van der Waals surface area contributed by atoms with Crippen molar-refractivity contribution in [3.8, 4) is 11.3 Å². The van der Waals surface area contributed by atoms with Crippen molar-refractivity contribution < 1.29 is 14.3 Å². The molecule has 3 nitrogen and oxygen atoms in total. The Balaban J connectivity index is 2.39. The van der Waals surface area contributed by atoms with Gasteiger partial charge in [0.1, 0.15) is 11.5 Å². The zero-order valence-electron chi connectivity index (χ0n) is 10.3. The highest BCUT2D eigenvalue weighted by atomic mass is 16.4. The fourth-order valence-corrected chi connectivity index (χ4v) is 1.68. The van der Waals surface area contributed by atoms with Crippen LogP contribution in [0.1, 0.15) is 18.2 Å². The van der Waals surface area contributed by atoms with E-state index in [0.717, 1.165) is 22.6 Å². The minimum atomic E-state index is -0.920. The standard InChI is InChI=1S/C15H14O3/c1-10(15(16)17)8-13-9-14(18-11(13)2)12-6-4-3-5-7-12/h3-9H,1-2H3,(H,16,17)/b10-8+. The summed E-state index contributed by atoms with van der Waals surface area (Å²) in [5.41, 5.74) is 2.07. The van der Waals surface area contributed by atoms with Crippen molar-refractivity contribution in [2.75, 3.05) is 0 Å². The normalized spacial score (nSPS) is 11.6. The number of aryl methyl sites for hydroxylation is 1. The maximum atomic E-state index is 10.8. The van der Waals surface area contributed by atoms with Crippen molar-refractivity contribution in [3.63, 3.8) is 0 Å². The first-order chi connectivity index (χ1) is 8.58. The van der Waals surface area contributed by atoms with Crippen LogP contribution in [0.25, 0.3) is 17.4 Å². The van der Waals surface area contributed by atoms with Gasteiger partial charge < -0.3 is 9.52 Å². The molecule has 0 unspecified atom stereocenters. The Kier molecular flexibility index (Phi) is 3.33. The summed E-state index contributed by atoms with van der Waals surface area (Å²) >= 11 is 0. The van der Waals surface area contributed by atoms with Crippen LogP contribution < -0.4 is 0 Å². The SMILES string of the molecule is C/C(=C\c1cc(-c2ccccc2)oc1C)C(=O)O. The van der Waals surface area contributed by atoms with E-state index >= 15 is 0 Å². The van der Waals surface area contributed by atoms with E-state index in [2.05, 4.69) is 0 Å². The molecule has 92 valence electrons. The topological polar surface area (TPSA) is 50.4 Å². The lowest BCUT2D eigenvalue weighted by molar-refractivity contribution is -0.132. The molecule has 0 aliphatic carbocycles. The van der Waals surface area contributed by atoms with Gasteiger partial charge in [-0.25, -0.2) is 4.79 Å². The quantitative estimate of drug-likeness (QED) is 0.834. The Morgan fingerprint density at radius 1 is 1.28 bits per heavy atom. The highest BCUT2D eigenvalue weighted by molar-refractivity contribution is 5.91. The summed E-state index contributed by atoms with van der Waals surface area (Å²) < 4.78 is 5.64. The number of hydrogen-bond acceptors (Lipinski definition) is 2. The second-order valence-corrected chi connectivity index (χ2v) is 4.12. The van der Waals surface area contributed by atoms with Crippen molar-refractivity contribution in [3.05, 3.63) is 53.3 Å².